The number of carbonyl (C=O) groups is 1. The first-order chi connectivity index (χ1) is 13.0. The van der Waals surface area contributed by atoms with Crippen LogP contribution in [0, 0.1) is 6.92 Å². The number of phenols is 1. The van der Waals surface area contributed by atoms with Gasteiger partial charge in [0.15, 0.2) is 11.5 Å². The van der Waals surface area contributed by atoms with Crippen LogP contribution in [0.5, 0.6) is 17.2 Å². The molecule has 1 unspecified atom stereocenters. The van der Waals surface area contributed by atoms with E-state index in [0.29, 0.717) is 5.75 Å². The van der Waals surface area contributed by atoms with Crippen LogP contribution < -0.4 is 10.1 Å². The Balaban J connectivity index is 2.31. The number of carbonyl (C=O) groups excluding carboxylic acids is 1. The smallest absolute Gasteiger partial charge is 0.319 e. The summed E-state index contributed by atoms with van der Waals surface area (Å²) in [6.45, 7) is 7.48. The van der Waals surface area contributed by atoms with E-state index in [0.717, 1.165) is 5.56 Å². The predicted molar refractivity (Wildman–Crippen MR) is 106 cm³/mol. The van der Waals surface area contributed by atoms with Crippen LogP contribution in [-0.4, -0.2) is 32.1 Å². The fourth-order valence-corrected chi connectivity index (χ4v) is 3.47. The van der Waals surface area contributed by atoms with Crippen molar-refractivity contribution in [2.45, 2.75) is 38.5 Å². The lowest BCUT2D eigenvalue weighted by molar-refractivity contribution is -0.120. The summed E-state index contributed by atoms with van der Waals surface area (Å²) in [6, 6.07) is 11.6. The molecule has 0 aromatic heterocycles. The van der Waals surface area contributed by atoms with Crippen LogP contribution in [0.4, 0.5) is 0 Å². The Kier molecular flexibility index (Phi) is 6.69. The van der Waals surface area contributed by atoms with E-state index in [1.165, 1.54) is 18.2 Å². The zero-order valence-electron chi connectivity index (χ0n) is 16.3. The SMILES string of the molecule is Cc1ccc(Oc2ccc(C(CNC(C)(C)C)S(=O)(=O)OC=O)cc2O)cc1. The van der Waals surface area contributed by atoms with Gasteiger partial charge in [-0.2, -0.15) is 8.42 Å². The lowest BCUT2D eigenvalue weighted by Gasteiger charge is -2.25. The molecule has 0 spiro atoms. The number of ether oxygens (including phenoxy) is 1. The summed E-state index contributed by atoms with van der Waals surface area (Å²) in [4.78, 5) is 10.6. The van der Waals surface area contributed by atoms with Gasteiger partial charge in [-0.25, -0.2) is 0 Å². The molecule has 0 aliphatic carbocycles. The normalized spacial score (nSPS) is 13.0. The standard InChI is InChI=1S/C20H25NO6S/c1-14-5-8-16(9-6-14)27-18-10-7-15(11-17(18)23)19(12-21-20(2,3)4)28(24,25)26-13-22/h5-11,13,19,21,23H,12H2,1-4H3. The highest BCUT2D eigenvalue weighted by Gasteiger charge is 2.31. The van der Waals surface area contributed by atoms with Crippen LogP contribution in [0.15, 0.2) is 42.5 Å². The third kappa shape index (κ3) is 5.97. The molecule has 0 aliphatic rings. The van der Waals surface area contributed by atoms with Gasteiger partial charge in [0.25, 0.3) is 0 Å². The van der Waals surface area contributed by atoms with E-state index in [9.17, 15) is 18.3 Å². The zero-order chi connectivity index (χ0) is 20.9. The van der Waals surface area contributed by atoms with Crippen LogP contribution in [0.3, 0.4) is 0 Å². The Hall–Kier alpha value is -2.58. The number of nitrogens with one attached hydrogen (secondary N) is 1. The first-order valence-corrected chi connectivity index (χ1v) is 10.2. The average Bonchev–Trinajstić information content (AvgIpc) is 2.58. The monoisotopic (exact) mass is 407 g/mol. The van der Waals surface area contributed by atoms with E-state index < -0.39 is 15.4 Å². The Labute approximate surface area is 165 Å². The molecule has 2 N–H and O–H groups in total. The maximum atomic E-state index is 12.4. The second kappa shape index (κ2) is 8.62. The zero-order valence-corrected chi connectivity index (χ0v) is 17.1. The summed E-state index contributed by atoms with van der Waals surface area (Å²) >= 11 is 0. The molecular weight excluding hydrogens is 382 g/mol. The summed E-state index contributed by atoms with van der Waals surface area (Å²) < 4.78 is 34.7. The largest absolute Gasteiger partial charge is 0.504 e. The summed E-state index contributed by atoms with van der Waals surface area (Å²) in [5.74, 6) is 0.500. The van der Waals surface area contributed by atoms with E-state index in [4.69, 9.17) is 4.74 Å². The maximum Gasteiger partial charge on any atom is 0.319 e. The second-order valence-corrected chi connectivity index (χ2v) is 9.19. The van der Waals surface area contributed by atoms with Crippen molar-refractivity contribution in [3.63, 3.8) is 0 Å². The van der Waals surface area contributed by atoms with Crippen molar-refractivity contribution in [3.05, 3.63) is 53.6 Å². The third-order valence-corrected chi connectivity index (χ3v) is 5.43. The van der Waals surface area contributed by atoms with Crippen molar-refractivity contribution in [2.24, 2.45) is 0 Å². The second-order valence-electron chi connectivity index (χ2n) is 7.45. The van der Waals surface area contributed by atoms with Crippen molar-refractivity contribution in [2.75, 3.05) is 6.54 Å². The Bertz CT molecular complexity index is 917. The minimum Gasteiger partial charge on any atom is -0.504 e. The van der Waals surface area contributed by atoms with Crippen LogP contribution >= 0.6 is 0 Å². The number of aryl methyl sites for hydroxylation is 1. The number of aromatic hydroxyl groups is 1. The van der Waals surface area contributed by atoms with E-state index in [2.05, 4.69) is 9.50 Å². The molecule has 28 heavy (non-hydrogen) atoms. The van der Waals surface area contributed by atoms with Crippen LogP contribution in [0.1, 0.15) is 37.1 Å². The fourth-order valence-electron chi connectivity index (χ4n) is 2.46. The van der Waals surface area contributed by atoms with Crippen LogP contribution in [0.2, 0.25) is 0 Å². The summed E-state index contributed by atoms with van der Waals surface area (Å²) in [5.41, 5.74) is 0.986. The highest BCUT2D eigenvalue weighted by molar-refractivity contribution is 7.87. The van der Waals surface area contributed by atoms with Crippen LogP contribution in [0.25, 0.3) is 0 Å². The van der Waals surface area contributed by atoms with Gasteiger partial charge in [0.05, 0.1) is 0 Å². The number of hydrogen-bond donors (Lipinski definition) is 2. The minimum atomic E-state index is -4.22. The van der Waals surface area contributed by atoms with Gasteiger partial charge < -0.3 is 19.3 Å². The molecule has 0 saturated carbocycles. The maximum absolute atomic E-state index is 12.4. The molecule has 0 radical (unpaired) electrons. The molecule has 0 fully saturated rings. The molecule has 0 aliphatic heterocycles. The average molecular weight is 407 g/mol. The molecule has 8 heteroatoms. The summed E-state index contributed by atoms with van der Waals surface area (Å²) in [6.07, 6.45) is 0. The number of rotatable bonds is 8. The fraction of sp³-hybridized carbons (Fsp3) is 0.350. The molecule has 0 heterocycles. The quantitative estimate of drug-likeness (QED) is 0.510. The van der Waals surface area contributed by atoms with Gasteiger partial charge in [-0.1, -0.05) is 23.8 Å². The van der Waals surface area contributed by atoms with Crippen molar-refractivity contribution >= 4 is 16.6 Å². The Morgan fingerprint density at radius 1 is 1.14 bits per heavy atom. The molecule has 0 bridgehead atoms. The summed E-state index contributed by atoms with van der Waals surface area (Å²) in [7, 11) is -4.22. The topological polar surface area (TPSA) is 102 Å². The third-order valence-electron chi connectivity index (χ3n) is 3.94. The number of phenolic OH excluding ortho intramolecular Hbond substituents is 1. The van der Waals surface area contributed by atoms with Gasteiger partial charge >= 0.3 is 16.6 Å². The van der Waals surface area contributed by atoms with Gasteiger partial charge in [0, 0.05) is 12.1 Å². The highest BCUT2D eigenvalue weighted by Crippen LogP contribution is 2.35. The molecule has 2 aromatic carbocycles. The first-order valence-electron chi connectivity index (χ1n) is 8.70. The lowest BCUT2D eigenvalue weighted by Crippen LogP contribution is -2.40. The van der Waals surface area contributed by atoms with Gasteiger partial charge in [-0.15, -0.1) is 0 Å². The van der Waals surface area contributed by atoms with E-state index in [1.807, 2.05) is 39.8 Å². The number of benzene rings is 2. The lowest BCUT2D eigenvalue weighted by atomic mass is 10.1. The first kappa shape index (κ1) is 21.7. The molecule has 2 rings (SSSR count). The van der Waals surface area contributed by atoms with Gasteiger partial charge in [-0.05, 0) is 57.5 Å². The predicted octanol–water partition coefficient (Wildman–Crippen LogP) is 3.42. The molecule has 2 aromatic rings. The van der Waals surface area contributed by atoms with E-state index >= 15 is 0 Å². The molecule has 7 nitrogen and oxygen atoms in total. The summed E-state index contributed by atoms with van der Waals surface area (Å²) in [5, 5.41) is 12.2. The van der Waals surface area contributed by atoms with Crippen molar-refractivity contribution in [1.82, 2.24) is 5.32 Å². The van der Waals surface area contributed by atoms with Gasteiger partial charge in [0.1, 0.15) is 11.0 Å². The van der Waals surface area contributed by atoms with E-state index in [1.54, 1.807) is 12.1 Å². The van der Waals surface area contributed by atoms with Crippen molar-refractivity contribution in [3.8, 4) is 17.2 Å². The molecule has 0 saturated heterocycles. The Morgan fingerprint density at radius 3 is 2.32 bits per heavy atom. The van der Waals surface area contributed by atoms with E-state index in [-0.39, 0.29) is 35.6 Å². The molecule has 0 amide bonds. The minimum absolute atomic E-state index is 0.00270. The van der Waals surface area contributed by atoms with Crippen LogP contribution in [-0.2, 0) is 19.1 Å². The molecule has 152 valence electrons. The number of hydrogen-bond acceptors (Lipinski definition) is 7. The Morgan fingerprint density at radius 2 is 1.79 bits per heavy atom. The molecular formula is C20H25NO6S. The van der Waals surface area contributed by atoms with Gasteiger partial charge in [0.2, 0.25) is 0 Å². The molecule has 1 atom stereocenters. The van der Waals surface area contributed by atoms with Crippen molar-refractivity contribution in [1.29, 1.82) is 0 Å². The highest BCUT2D eigenvalue weighted by atomic mass is 32.2. The van der Waals surface area contributed by atoms with Crippen molar-refractivity contribution < 1.29 is 27.2 Å². The van der Waals surface area contributed by atoms with Gasteiger partial charge in [-0.3, -0.25) is 4.79 Å².